The number of carbonyl (C=O) groups excluding carboxylic acids is 1. The van der Waals surface area contributed by atoms with E-state index in [4.69, 9.17) is 9.15 Å². The van der Waals surface area contributed by atoms with Crippen LogP contribution >= 0.6 is 0 Å². The van der Waals surface area contributed by atoms with Gasteiger partial charge in [0.15, 0.2) is 0 Å². The number of furan rings is 1. The predicted molar refractivity (Wildman–Crippen MR) is 65.3 cm³/mol. The van der Waals surface area contributed by atoms with Crippen molar-refractivity contribution in [3.63, 3.8) is 0 Å². The Morgan fingerprint density at radius 1 is 1.42 bits per heavy atom. The molecule has 1 aliphatic heterocycles. The summed E-state index contributed by atoms with van der Waals surface area (Å²) in [4.78, 5) is 23.1. The van der Waals surface area contributed by atoms with E-state index in [2.05, 4.69) is 5.32 Å². The third kappa shape index (κ3) is 3.55. The smallest absolute Gasteiger partial charge is 0.401 e. The zero-order chi connectivity index (χ0) is 13.7. The van der Waals surface area contributed by atoms with E-state index >= 15 is 0 Å². The van der Waals surface area contributed by atoms with Crippen molar-refractivity contribution >= 4 is 18.0 Å². The van der Waals surface area contributed by atoms with Crippen molar-refractivity contribution in [2.75, 3.05) is 26.3 Å². The summed E-state index contributed by atoms with van der Waals surface area (Å²) in [5.74, 6) is -0.0341. The molecule has 0 atom stereocenters. The largest absolute Gasteiger partial charge is 0.433 e. The quantitative estimate of drug-likeness (QED) is 0.655. The minimum atomic E-state index is -0.621. The molecule has 8 heteroatoms. The highest BCUT2D eigenvalue weighted by Crippen LogP contribution is 2.16. The molecule has 1 saturated heterocycles. The van der Waals surface area contributed by atoms with Gasteiger partial charge in [-0.05, 0) is 12.1 Å². The van der Waals surface area contributed by atoms with Crippen molar-refractivity contribution < 1.29 is 18.9 Å². The third-order valence-corrected chi connectivity index (χ3v) is 2.55. The SMILES string of the molecule is O=C(N/C=C/c1ccc([N+](=O)[O-])o1)N1CCOCC1. The summed E-state index contributed by atoms with van der Waals surface area (Å²) < 4.78 is 10.0. The summed E-state index contributed by atoms with van der Waals surface area (Å²) in [6.45, 7) is 2.15. The van der Waals surface area contributed by atoms with Gasteiger partial charge >= 0.3 is 11.9 Å². The Kier molecular flexibility index (Phi) is 4.14. The van der Waals surface area contributed by atoms with Crippen LogP contribution in [-0.4, -0.2) is 42.2 Å². The molecule has 2 heterocycles. The lowest BCUT2D eigenvalue weighted by Gasteiger charge is -2.26. The van der Waals surface area contributed by atoms with E-state index in [1.165, 1.54) is 24.4 Å². The highest BCUT2D eigenvalue weighted by Gasteiger charge is 2.15. The maximum absolute atomic E-state index is 11.7. The molecule has 0 aliphatic carbocycles. The Bertz CT molecular complexity index is 490. The van der Waals surface area contributed by atoms with Gasteiger partial charge in [-0.1, -0.05) is 0 Å². The van der Waals surface area contributed by atoms with Crippen molar-refractivity contribution in [1.29, 1.82) is 0 Å². The maximum Gasteiger partial charge on any atom is 0.433 e. The van der Waals surface area contributed by atoms with Gasteiger partial charge < -0.3 is 19.4 Å². The summed E-state index contributed by atoms with van der Waals surface area (Å²) in [6, 6.07) is 2.47. The Morgan fingerprint density at radius 3 is 2.79 bits per heavy atom. The molecule has 19 heavy (non-hydrogen) atoms. The van der Waals surface area contributed by atoms with Crippen LogP contribution in [0.15, 0.2) is 22.7 Å². The summed E-state index contributed by atoms with van der Waals surface area (Å²) in [6.07, 6.45) is 2.84. The molecule has 1 aliphatic rings. The van der Waals surface area contributed by atoms with E-state index in [1.807, 2.05) is 0 Å². The molecule has 0 spiro atoms. The van der Waals surface area contributed by atoms with Gasteiger partial charge in [0.1, 0.15) is 10.7 Å². The van der Waals surface area contributed by atoms with Gasteiger partial charge in [-0.3, -0.25) is 10.1 Å². The van der Waals surface area contributed by atoms with E-state index in [9.17, 15) is 14.9 Å². The van der Waals surface area contributed by atoms with Crippen LogP contribution < -0.4 is 5.32 Å². The van der Waals surface area contributed by atoms with Crippen LogP contribution in [0.1, 0.15) is 5.76 Å². The average Bonchev–Trinajstić information content (AvgIpc) is 2.89. The molecule has 1 aromatic rings. The lowest BCUT2D eigenvalue weighted by Crippen LogP contribution is -2.44. The number of ether oxygens (including phenoxy) is 1. The highest BCUT2D eigenvalue weighted by molar-refractivity contribution is 5.76. The Hall–Kier alpha value is -2.35. The van der Waals surface area contributed by atoms with Gasteiger partial charge in [0.05, 0.1) is 19.3 Å². The summed E-state index contributed by atoms with van der Waals surface area (Å²) in [7, 11) is 0. The number of amides is 2. The number of nitrogens with zero attached hydrogens (tertiary/aromatic N) is 2. The van der Waals surface area contributed by atoms with Crippen LogP contribution in [0.25, 0.3) is 6.08 Å². The van der Waals surface area contributed by atoms with Crippen molar-refractivity contribution in [2.24, 2.45) is 0 Å². The second-order valence-electron chi connectivity index (χ2n) is 3.82. The maximum atomic E-state index is 11.7. The monoisotopic (exact) mass is 267 g/mol. The van der Waals surface area contributed by atoms with Crippen LogP contribution in [0.2, 0.25) is 0 Å². The second kappa shape index (κ2) is 6.01. The zero-order valence-electron chi connectivity index (χ0n) is 10.1. The normalized spacial score (nSPS) is 15.7. The van der Waals surface area contributed by atoms with E-state index in [-0.39, 0.29) is 11.9 Å². The minimum Gasteiger partial charge on any atom is -0.401 e. The molecule has 0 aromatic carbocycles. The zero-order valence-corrected chi connectivity index (χ0v) is 10.1. The first-order valence-electron chi connectivity index (χ1n) is 5.71. The van der Waals surface area contributed by atoms with Gasteiger partial charge in [-0.15, -0.1) is 0 Å². The van der Waals surface area contributed by atoms with Crippen molar-refractivity contribution in [2.45, 2.75) is 0 Å². The number of nitrogens with one attached hydrogen (secondary N) is 1. The molecule has 102 valence electrons. The first-order chi connectivity index (χ1) is 9.16. The molecule has 0 radical (unpaired) electrons. The molecular weight excluding hydrogens is 254 g/mol. The first kappa shape index (κ1) is 13.1. The molecule has 0 saturated carbocycles. The van der Waals surface area contributed by atoms with E-state index in [0.29, 0.717) is 32.1 Å². The molecule has 2 amide bonds. The Labute approximate surface area is 108 Å². The molecule has 0 unspecified atom stereocenters. The van der Waals surface area contributed by atoms with E-state index in [1.54, 1.807) is 4.90 Å². The second-order valence-corrected chi connectivity index (χ2v) is 3.82. The van der Waals surface area contributed by atoms with Gasteiger partial charge in [-0.25, -0.2) is 4.79 Å². The molecule has 0 bridgehead atoms. The number of hydrogen-bond donors (Lipinski definition) is 1. The third-order valence-electron chi connectivity index (χ3n) is 2.55. The molecular formula is C11H13N3O5. The van der Waals surface area contributed by atoms with E-state index < -0.39 is 4.92 Å². The molecule has 1 fully saturated rings. The fourth-order valence-corrected chi connectivity index (χ4v) is 1.58. The molecule has 1 N–H and O–H groups in total. The number of carbonyl (C=O) groups is 1. The minimum absolute atomic E-state index is 0.236. The lowest BCUT2D eigenvalue weighted by atomic mass is 10.4. The van der Waals surface area contributed by atoms with Crippen LogP contribution in [0.4, 0.5) is 10.7 Å². The highest BCUT2D eigenvalue weighted by atomic mass is 16.6. The predicted octanol–water partition coefficient (Wildman–Crippen LogP) is 1.20. The number of rotatable bonds is 3. The first-order valence-corrected chi connectivity index (χ1v) is 5.71. The van der Waals surface area contributed by atoms with Crippen LogP contribution in [0.5, 0.6) is 0 Å². The number of nitro groups is 1. The number of morpholine rings is 1. The molecule has 1 aromatic heterocycles. The van der Waals surface area contributed by atoms with Gasteiger partial charge in [-0.2, -0.15) is 0 Å². The van der Waals surface area contributed by atoms with Crippen LogP contribution in [0, 0.1) is 10.1 Å². The number of hydrogen-bond acceptors (Lipinski definition) is 5. The average molecular weight is 267 g/mol. The van der Waals surface area contributed by atoms with Crippen molar-refractivity contribution in [3.8, 4) is 0 Å². The van der Waals surface area contributed by atoms with Gasteiger partial charge in [0.2, 0.25) is 0 Å². The van der Waals surface area contributed by atoms with Crippen molar-refractivity contribution in [3.05, 3.63) is 34.2 Å². The molecule has 8 nitrogen and oxygen atoms in total. The summed E-state index contributed by atoms with van der Waals surface area (Å²) >= 11 is 0. The van der Waals surface area contributed by atoms with Crippen LogP contribution in [-0.2, 0) is 4.74 Å². The Morgan fingerprint density at radius 2 is 2.16 bits per heavy atom. The van der Waals surface area contributed by atoms with E-state index in [0.717, 1.165) is 0 Å². The lowest BCUT2D eigenvalue weighted by molar-refractivity contribution is -0.402. The van der Waals surface area contributed by atoms with Crippen molar-refractivity contribution in [1.82, 2.24) is 10.2 Å². The van der Waals surface area contributed by atoms with Gasteiger partial charge in [0.25, 0.3) is 0 Å². The summed E-state index contributed by atoms with van der Waals surface area (Å²) in [5.41, 5.74) is 0. The van der Waals surface area contributed by atoms with Crippen LogP contribution in [0.3, 0.4) is 0 Å². The fraction of sp³-hybridized carbons (Fsp3) is 0.364. The number of urea groups is 1. The fourth-order valence-electron chi connectivity index (χ4n) is 1.58. The summed E-state index contributed by atoms with van der Waals surface area (Å²) in [5, 5.41) is 13.0. The topological polar surface area (TPSA) is 97.8 Å². The molecule has 2 rings (SSSR count). The van der Waals surface area contributed by atoms with Gasteiger partial charge in [0, 0.05) is 19.3 Å². The standard InChI is InChI=1S/C11H13N3O5/c15-11(13-5-7-18-8-6-13)12-4-3-9-1-2-10(19-9)14(16)17/h1-4H,5-8H2,(H,12,15)/b4-3+. The Balaban J connectivity index is 1.84.